The second-order valence-electron chi connectivity index (χ2n) is 6.18. The number of aromatic nitrogens is 1. The molecule has 27 heavy (non-hydrogen) atoms. The van der Waals surface area contributed by atoms with Gasteiger partial charge in [0.05, 0.1) is 32.0 Å². The molecule has 0 amide bonds. The van der Waals surface area contributed by atoms with Crippen molar-refractivity contribution in [1.29, 1.82) is 0 Å². The van der Waals surface area contributed by atoms with Crippen molar-refractivity contribution in [2.45, 2.75) is 33.1 Å². The maximum Gasteiger partial charge on any atom is 0.194 e. The van der Waals surface area contributed by atoms with Crippen LogP contribution in [0.15, 0.2) is 40.7 Å². The van der Waals surface area contributed by atoms with E-state index < -0.39 is 0 Å². The highest BCUT2D eigenvalue weighted by molar-refractivity contribution is 7.09. The molecule has 0 aliphatic rings. The Morgan fingerprint density at radius 3 is 2.81 bits per heavy atom. The minimum atomic E-state index is 0.0257. The molecule has 7 heteroatoms. The number of thiazole rings is 1. The highest BCUT2D eigenvalue weighted by Crippen LogP contribution is 2.20. The molecule has 0 aliphatic carbocycles. The fourth-order valence-corrected chi connectivity index (χ4v) is 3.29. The summed E-state index contributed by atoms with van der Waals surface area (Å²) in [5.41, 5.74) is 2.20. The average molecular weight is 391 g/mol. The predicted molar refractivity (Wildman–Crippen MR) is 111 cm³/mol. The number of hydrogen-bond acceptors (Lipinski definition) is 5. The molecule has 2 rings (SSSR count). The Morgan fingerprint density at radius 1 is 1.33 bits per heavy atom. The lowest BCUT2D eigenvalue weighted by molar-refractivity contribution is 0.119. The molecule has 1 unspecified atom stereocenters. The SMILES string of the molecule is CCNC(=NCCOCc1ccccc1)N(C)Cc1csc(C(C)OC)n1. The molecule has 1 atom stereocenters. The second-order valence-corrected chi connectivity index (χ2v) is 7.07. The summed E-state index contributed by atoms with van der Waals surface area (Å²) >= 11 is 1.63. The van der Waals surface area contributed by atoms with Crippen molar-refractivity contribution in [1.82, 2.24) is 15.2 Å². The van der Waals surface area contributed by atoms with Crippen LogP contribution in [0.25, 0.3) is 0 Å². The number of methoxy groups -OCH3 is 1. The molecular formula is C20H30N4O2S. The third-order valence-electron chi connectivity index (χ3n) is 3.98. The van der Waals surface area contributed by atoms with Gasteiger partial charge in [-0.3, -0.25) is 4.99 Å². The van der Waals surface area contributed by atoms with Crippen molar-refractivity contribution in [3.05, 3.63) is 52.0 Å². The lowest BCUT2D eigenvalue weighted by Gasteiger charge is -2.21. The number of aliphatic imine (C=N–C) groups is 1. The molecule has 148 valence electrons. The Morgan fingerprint density at radius 2 is 2.11 bits per heavy atom. The van der Waals surface area contributed by atoms with E-state index in [1.807, 2.05) is 32.2 Å². The van der Waals surface area contributed by atoms with Gasteiger partial charge in [0.25, 0.3) is 0 Å². The van der Waals surface area contributed by atoms with Gasteiger partial charge in [-0.25, -0.2) is 4.98 Å². The van der Waals surface area contributed by atoms with Gasteiger partial charge >= 0.3 is 0 Å². The fourth-order valence-electron chi connectivity index (χ4n) is 2.45. The van der Waals surface area contributed by atoms with E-state index in [9.17, 15) is 0 Å². The second kappa shape index (κ2) is 11.7. The Balaban J connectivity index is 1.83. The number of nitrogens with one attached hydrogen (secondary N) is 1. The monoisotopic (exact) mass is 390 g/mol. The van der Waals surface area contributed by atoms with Gasteiger partial charge in [0, 0.05) is 26.1 Å². The van der Waals surface area contributed by atoms with Crippen LogP contribution in [-0.2, 0) is 22.6 Å². The Labute approximate surface area is 166 Å². The summed E-state index contributed by atoms with van der Waals surface area (Å²) in [4.78, 5) is 11.4. The van der Waals surface area contributed by atoms with Gasteiger partial charge in [-0.1, -0.05) is 30.3 Å². The zero-order valence-electron chi connectivity index (χ0n) is 16.6. The number of benzene rings is 1. The maximum absolute atomic E-state index is 5.71. The van der Waals surface area contributed by atoms with Crippen molar-refractivity contribution in [2.75, 3.05) is 33.9 Å². The maximum atomic E-state index is 5.71. The quantitative estimate of drug-likeness (QED) is 0.382. The van der Waals surface area contributed by atoms with Gasteiger partial charge < -0.3 is 19.7 Å². The first-order chi connectivity index (χ1) is 13.1. The molecule has 0 saturated heterocycles. The number of nitrogens with zero attached hydrogens (tertiary/aromatic N) is 3. The van der Waals surface area contributed by atoms with E-state index in [0.29, 0.717) is 26.3 Å². The van der Waals surface area contributed by atoms with Crippen LogP contribution in [0, 0.1) is 0 Å². The molecule has 1 heterocycles. The van der Waals surface area contributed by atoms with E-state index in [1.54, 1.807) is 18.4 Å². The van der Waals surface area contributed by atoms with Gasteiger partial charge in [0.15, 0.2) is 5.96 Å². The summed E-state index contributed by atoms with van der Waals surface area (Å²) in [6, 6.07) is 10.2. The first kappa shape index (κ1) is 21.3. The van der Waals surface area contributed by atoms with Gasteiger partial charge in [-0.2, -0.15) is 0 Å². The first-order valence-electron chi connectivity index (χ1n) is 9.22. The third-order valence-corrected chi connectivity index (χ3v) is 5.03. The molecular weight excluding hydrogens is 360 g/mol. The normalized spacial score (nSPS) is 12.8. The number of rotatable bonds is 10. The van der Waals surface area contributed by atoms with Crippen molar-refractivity contribution in [2.24, 2.45) is 4.99 Å². The fraction of sp³-hybridized carbons (Fsp3) is 0.500. The van der Waals surface area contributed by atoms with Gasteiger partial charge in [-0.05, 0) is 19.4 Å². The van der Waals surface area contributed by atoms with E-state index >= 15 is 0 Å². The smallest absolute Gasteiger partial charge is 0.194 e. The van der Waals surface area contributed by atoms with Crippen LogP contribution in [0.4, 0.5) is 0 Å². The zero-order valence-corrected chi connectivity index (χ0v) is 17.5. The van der Waals surface area contributed by atoms with Crippen molar-refractivity contribution in [3.63, 3.8) is 0 Å². The van der Waals surface area contributed by atoms with Crippen LogP contribution >= 0.6 is 11.3 Å². The van der Waals surface area contributed by atoms with Crippen LogP contribution in [0.5, 0.6) is 0 Å². The summed E-state index contributed by atoms with van der Waals surface area (Å²) in [6.07, 6.45) is 0.0257. The highest BCUT2D eigenvalue weighted by atomic mass is 32.1. The largest absolute Gasteiger partial charge is 0.375 e. The minimum Gasteiger partial charge on any atom is -0.375 e. The molecule has 1 aromatic carbocycles. The molecule has 1 N–H and O–H groups in total. The van der Waals surface area contributed by atoms with Crippen LogP contribution in [0.1, 0.15) is 36.2 Å². The van der Waals surface area contributed by atoms with Crippen molar-refractivity contribution >= 4 is 17.3 Å². The number of hydrogen-bond donors (Lipinski definition) is 1. The standard InChI is InChI=1S/C20H30N4O2S/c1-5-21-20(22-11-12-26-14-17-9-7-6-8-10-17)24(3)13-18-15-27-19(23-18)16(2)25-4/h6-10,15-16H,5,11-14H2,1-4H3,(H,21,22). The van der Waals surface area contributed by atoms with E-state index in [0.717, 1.165) is 23.2 Å². The first-order valence-corrected chi connectivity index (χ1v) is 10.1. The summed E-state index contributed by atoms with van der Waals surface area (Å²) in [6.45, 7) is 7.40. The van der Waals surface area contributed by atoms with Gasteiger partial charge in [0.1, 0.15) is 11.1 Å². The summed E-state index contributed by atoms with van der Waals surface area (Å²) in [7, 11) is 3.72. The Kier molecular flexibility index (Phi) is 9.24. The Bertz CT molecular complexity index is 690. The average Bonchev–Trinajstić information content (AvgIpc) is 3.15. The summed E-state index contributed by atoms with van der Waals surface area (Å²) < 4.78 is 11.0. The minimum absolute atomic E-state index is 0.0257. The van der Waals surface area contributed by atoms with Crippen molar-refractivity contribution < 1.29 is 9.47 Å². The molecule has 0 saturated carbocycles. The Hall–Kier alpha value is -1.96. The molecule has 0 fully saturated rings. The molecule has 0 spiro atoms. The molecule has 0 aliphatic heterocycles. The van der Waals surface area contributed by atoms with Crippen LogP contribution in [0.3, 0.4) is 0 Å². The predicted octanol–water partition coefficient (Wildman–Crippen LogP) is 3.46. The highest BCUT2D eigenvalue weighted by Gasteiger charge is 2.12. The van der Waals surface area contributed by atoms with Gasteiger partial charge in [-0.15, -0.1) is 11.3 Å². The van der Waals surface area contributed by atoms with Crippen molar-refractivity contribution in [3.8, 4) is 0 Å². The van der Waals surface area contributed by atoms with Crippen LogP contribution in [-0.4, -0.2) is 49.7 Å². The molecule has 2 aromatic rings. The number of guanidine groups is 1. The number of ether oxygens (including phenoxy) is 2. The molecule has 0 bridgehead atoms. The third kappa shape index (κ3) is 7.28. The zero-order chi connectivity index (χ0) is 19.5. The lowest BCUT2D eigenvalue weighted by Crippen LogP contribution is -2.38. The van der Waals surface area contributed by atoms with Gasteiger partial charge in [0.2, 0.25) is 0 Å². The van der Waals surface area contributed by atoms with Crippen LogP contribution in [0.2, 0.25) is 0 Å². The van der Waals surface area contributed by atoms with E-state index in [4.69, 9.17) is 9.47 Å². The topological polar surface area (TPSA) is 59.0 Å². The van der Waals surface area contributed by atoms with E-state index in [2.05, 4.69) is 44.6 Å². The summed E-state index contributed by atoms with van der Waals surface area (Å²) in [5, 5.41) is 6.40. The molecule has 1 aromatic heterocycles. The van der Waals surface area contributed by atoms with E-state index in [-0.39, 0.29) is 6.10 Å². The molecule has 0 radical (unpaired) electrons. The molecule has 6 nitrogen and oxygen atoms in total. The lowest BCUT2D eigenvalue weighted by atomic mass is 10.2. The summed E-state index contributed by atoms with van der Waals surface area (Å²) in [5.74, 6) is 0.857. The van der Waals surface area contributed by atoms with Crippen LogP contribution < -0.4 is 5.32 Å². The van der Waals surface area contributed by atoms with E-state index in [1.165, 1.54) is 5.56 Å².